The van der Waals surface area contributed by atoms with Gasteiger partial charge in [0.25, 0.3) is 0 Å². The molecule has 0 heterocycles. The van der Waals surface area contributed by atoms with Gasteiger partial charge in [-0.3, -0.25) is 9.59 Å². The van der Waals surface area contributed by atoms with Crippen LogP contribution in [0.15, 0.2) is 0 Å². The fourth-order valence-electron chi connectivity index (χ4n) is 2.57. The highest BCUT2D eigenvalue weighted by atomic mass is 16.4. The van der Waals surface area contributed by atoms with Gasteiger partial charge < -0.3 is 10.4 Å². The third kappa shape index (κ3) is 4.31. The Balaban J connectivity index is 2.62. The van der Waals surface area contributed by atoms with E-state index in [0.717, 1.165) is 25.7 Å². The maximum atomic E-state index is 11.9. The topological polar surface area (TPSA) is 66.4 Å². The van der Waals surface area contributed by atoms with E-state index in [2.05, 4.69) is 5.32 Å². The van der Waals surface area contributed by atoms with Crippen molar-refractivity contribution in [2.24, 2.45) is 10.8 Å². The van der Waals surface area contributed by atoms with Gasteiger partial charge >= 0.3 is 5.97 Å². The summed E-state index contributed by atoms with van der Waals surface area (Å²) < 4.78 is 0. The van der Waals surface area contributed by atoms with Crippen molar-refractivity contribution in [2.75, 3.05) is 6.54 Å². The van der Waals surface area contributed by atoms with Crippen LogP contribution in [-0.4, -0.2) is 23.5 Å². The summed E-state index contributed by atoms with van der Waals surface area (Å²) in [4.78, 5) is 22.9. The van der Waals surface area contributed by atoms with E-state index in [4.69, 9.17) is 5.11 Å². The summed E-state index contributed by atoms with van der Waals surface area (Å²) in [6, 6.07) is 0. The molecule has 0 aromatic carbocycles. The largest absolute Gasteiger partial charge is 0.481 e. The third-order valence-electron chi connectivity index (χ3n) is 3.75. The molecular weight excluding hydrogens is 230 g/mol. The van der Waals surface area contributed by atoms with Crippen LogP contribution in [0.5, 0.6) is 0 Å². The first kappa shape index (κ1) is 15.0. The molecule has 0 atom stereocenters. The lowest BCUT2D eigenvalue weighted by molar-refractivity contribution is -0.141. The standard InChI is InChI=1S/C14H25NO3/c1-13(2,3)12(18)15-10-14(9-11(16)17)7-5-4-6-8-14/h4-10H2,1-3H3,(H,15,18)(H,16,17). The van der Waals surface area contributed by atoms with Gasteiger partial charge in [-0.05, 0) is 18.3 Å². The van der Waals surface area contributed by atoms with E-state index < -0.39 is 11.4 Å². The van der Waals surface area contributed by atoms with Crippen LogP contribution in [0.1, 0.15) is 59.3 Å². The Morgan fingerprint density at radius 3 is 2.17 bits per heavy atom. The Kier molecular flexibility index (Phi) is 4.77. The van der Waals surface area contributed by atoms with E-state index in [9.17, 15) is 9.59 Å². The molecule has 0 radical (unpaired) electrons. The highest BCUT2D eigenvalue weighted by molar-refractivity contribution is 5.81. The Hall–Kier alpha value is -1.06. The fraction of sp³-hybridized carbons (Fsp3) is 0.857. The maximum absolute atomic E-state index is 11.9. The van der Waals surface area contributed by atoms with Crippen molar-refractivity contribution < 1.29 is 14.7 Å². The minimum Gasteiger partial charge on any atom is -0.481 e. The van der Waals surface area contributed by atoms with Crippen molar-refractivity contribution in [2.45, 2.75) is 59.3 Å². The van der Waals surface area contributed by atoms with Gasteiger partial charge in [0.15, 0.2) is 0 Å². The van der Waals surface area contributed by atoms with E-state index in [-0.39, 0.29) is 17.7 Å². The van der Waals surface area contributed by atoms with Crippen LogP contribution in [0, 0.1) is 10.8 Å². The van der Waals surface area contributed by atoms with Gasteiger partial charge in [-0.2, -0.15) is 0 Å². The summed E-state index contributed by atoms with van der Waals surface area (Å²) in [5.74, 6) is -0.764. The zero-order chi connectivity index (χ0) is 13.8. The number of hydrogen-bond acceptors (Lipinski definition) is 2. The van der Waals surface area contributed by atoms with Crippen molar-refractivity contribution in [1.29, 1.82) is 0 Å². The quantitative estimate of drug-likeness (QED) is 0.811. The molecule has 1 aliphatic rings. The number of carbonyl (C=O) groups excluding carboxylic acids is 1. The molecule has 0 aromatic rings. The Labute approximate surface area is 109 Å². The number of carbonyl (C=O) groups is 2. The molecule has 1 rings (SSSR count). The lowest BCUT2D eigenvalue weighted by atomic mass is 9.71. The van der Waals surface area contributed by atoms with Gasteiger partial charge in [-0.1, -0.05) is 40.0 Å². The number of hydrogen-bond donors (Lipinski definition) is 2. The molecule has 1 aliphatic carbocycles. The smallest absolute Gasteiger partial charge is 0.303 e. The summed E-state index contributed by atoms with van der Waals surface area (Å²) in [6.07, 6.45) is 5.29. The molecule has 0 bridgehead atoms. The minimum atomic E-state index is -0.762. The number of amides is 1. The summed E-state index contributed by atoms with van der Waals surface area (Å²) in [7, 11) is 0. The van der Waals surface area contributed by atoms with E-state index in [1.54, 1.807) is 0 Å². The van der Waals surface area contributed by atoms with Crippen molar-refractivity contribution >= 4 is 11.9 Å². The number of carboxylic acid groups (broad SMARTS) is 1. The minimum absolute atomic E-state index is 0.00200. The molecule has 18 heavy (non-hydrogen) atoms. The monoisotopic (exact) mass is 255 g/mol. The summed E-state index contributed by atoms with van der Waals surface area (Å²) in [6.45, 7) is 6.10. The third-order valence-corrected chi connectivity index (χ3v) is 3.75. The Morgan fingerprint density at radius 2 is 1.72 bits per heavy atom. The first-order valence-corrected chi connectivity index (χ1v) is 6.75. The van der Waals surface area contributed by atoms with Crippen molar-refractivity contribution in [3.63, 3.8) is 0 Å². The normalized spacial score (nSPS) is 19.3. The van der Waals surface area contributed by atoms with Crippen LogP contribution in [0.4, 0.5) is 0 Å². The SMILES string of the molecule is CC(C)(C)C(=O)NCC1(CC(=O)O)CCCCC1. The molecule has 2 N–H and O–H groups in total. The molecule has 1 saturated carbocycles. The second-order valence-electron chi connectivity index (χ2n) is 6.56. The first-order valence-electron chi connectivity index (χ1n) is 6.75. The van der Waals surface area contributed by atoms with E-state index in [1.165, 1.54) is 6.42 Å². The average molecular weight is 255 g/mol. The number of aliphatic carboxylic acids is 1. The molecule has 4 nitrogen and oxygen atoms in total. The second kappa shape index (κ2) is 5.72. The number of carboxylic acids is 1. The summed E-state index contributed by atoms with van der Waals surface area (Å²) in [5, 5.41) is 12.0. The van der Waals surface area contributed by atoms with Crippen molar-refractivity contribution in [3.05, 3.63) is 0 Å². The number of nitrogens with one attached hydrogen (secondary N) is 1. The lowest BCUT2D eigenvalue weighted by Crippen LogP contribution is -2.44. The van der Waals surface area contributed by atoms with Gasteiger partial charge in [0.1, 0.15) is 0 Å². The Morgan fingerprint density at radius 1 is 1.17 bits per heavy atom. The van der Waals surface area contributed by atoms with E-state index >= 15 is 0 Å². The predicted molar refractivity (Wildman–Crippen MR) is 70.2 cm³/mol. The van der Waals surface area contributed by atoms with E-state index in [1.807, 2.05) is 20.8 Å². The maximum Gasteiger partial charge on any atom is 0.303 e. The first-order chi connectivity index (χ1) is 8.25. The average Bonchev–Trinajstić information content (AvgIpc) is 2.25. The molecule has 0 saturated heterocycles. The summed E-state index contributed by atoms with van der Waals surface area (Å²) in [5.41, 5.74) is -0.649. The second-order valence-corrected chi connectivity index (χ2v) is 6.56. The molecule has 1 amide bonds. The number of rotatable bonds is 4. The predicted octanol–water partition coefficient (Wildman–Crippen LogP) is 2.57. The molecular formula is C14H25NO3. The molecule has 1 fully saturated rings. The van der Waals surface area contributed by atoms with Crippen LogP contribution in [0.25, 0.3) is 0 Å². The van der Waals surface area contributed by atoms with Crippen LogP contribution < -0.4 is 5.32 Å². The van der Waals surface area contributed by atoms with E-state index in [0.29, 0.717) is 6.54 Å². The molecule has 0 aliphatic heterocycles. The van der Waals surface area contributed by atoms with Gasteiger partial charge in [0, 0.05) is 12.0 Å². The molecule has 4 heteroatoms. The summed E-state index contributed by atoms with van der Waals surface area (Å²) >= 11 is 0. The van der Waals surface area contributed by atoms with Gasteiger partial charge in [0.2, 0.25) is 5.91 Å². The van der Waals surface area contributed by atoms with Crippen LogP contribution in [-0.2, 0) is 9.59 Å². The fourth-order valence-corrected chi connectivity index (χ4v) is 2.57. The zero-order valence-electron chi connectivity index (χ0n) is 11.7. The van der Waals surface area contributed by atoms with Crippen LogP contribution >= 0.6 is 0 Å². The van der Waals surface area contributed by atoms with Gasteiger partial charge in [0.05, 0.1) is 6.42 Å². The van der Waals surface area contributed by atoms with Gasteiger partial charge in [-0.25, -0.2) is 0 Å². The molecule has 0 aromatic heterocycles. The van der Waals surface area contributed by atoms with Crippen molar-refractivity contribution in [3.8, 4) is 0 Å². The van der Waals surface area contributed by atoms with Crippen LogP contribution in [0.2, 0.25) is 0 Å². The molecule has 0 unspecified atom stereocenters. The van der Waals surface area contributed by atoms with Crippen LogP contribution in [0.3, 0.4) is 0 Å². The van der Waals surface area contributed by atoms with Gasteiger partial charge in [-0.15, -0.1) is 0 Å². The molecule has 104 valence electrons. The zero-order valence-corrected chi connectivity index (χ0v) is 11.7. The highest BCUT2D eigenvalue weighted by Crippen LogP contribution is 2.38. The van der Waals surface area contributed by atoms with Crippen molar-refractivity contribution in [1.82, 2.24) is 5.32 Å². The lowest BCUT2D eigenvalue weighted by Gasteiger charge is -2.37. The Bertz CT molecular complexity index is 311. The molecule has 0 spiro atoms. The highest BCUT2D eigenvalue weighted by Gasteiger charge is 2.35.